The van der Waals surface area contributed by atoms with Crippen molar-refractivity contribution in [3.8, 4) is 11.5 Å². The van der Waals surface area contributed by atoms with Gasteiger partial charge in [0.05, 0.1) is 18.4 Å². The number of rotatable bonds is 4. The van der Waals surface area contributed by atoms with Gasteiger partial charge < -0.3 is 14.2 Å². The van der Waals surface area contributed by atoms with Crippen molar-refractivity contribution in [2.45, 2.75) is 20.3 Å². The Morgan fingerprint density at radius 3 is 2.48 bits per heavy atom. The smallest absolute Gasteiger partial charge is 0.269 e. The van der Waals surface area contributed by atoms with Gasteiger partial charge in [0.25, 0.3) is 5.91 Å². The molecule has 2 aromatic rings. The average Bonchev–Trinajstić information content (AvgIpc) is 3.29. The highest BCUT2D eigenvalue weighted by atomic mass is 16.7. The van der Waals surface area contributed by atoms with Crippen LogP contribution in [-0.4, -0.2) is 31.5 Å². The predicted molar refractivity (Wildman–Crippen MR) is 106 cm³/mol. The number of methoxy groups -OCH3 is 1. The molecule has 0 spiro atoms. The van der Waals surface area contributed by atoms with Crippen molar-refractivity contribution < 1.29 is 28.6 Å². The highest BCUT2D eigenvalue weighted by Crippen LogP contribution is 2.43. The first-order chi connectivity index (χ1) is 14.0. The number of ketones is 1. The van der Waals surface area contributed by atoms with Gasteiger partial charge in [0.2, 0.25) is 12.7 Å². The van der Waals surface area contributed by atoms with E-state index in [2.05, 4.69) is 0 Å². The molecule has 7 heteroatoms. The maximum Gasteiger partial charge on any atom is 0.269 e. The Morgan fingerprint density at radius 1 is 1.07 bits per heavy atom. The summed E-state index contributed by atoms with van der Waals surface area (Å²) in [5.41, 5.74) is 2.22. The van der Waals surface area contributed by atoms with Crippen LogP contribution in [0.25, 0.3) is 11.3 Å². The molecule has 0 fully saturated rings. The lowest BCUT2D eigenvalue weighted by Gasteiger charge is -2.13. The minimum Gasteiger partial charge on any atom is -0.495 e. The standard InChI is InChI=1S/C22H19NO6/c1-4-17(25)13-5-7-16-15(9-13)20(22(26)23(16)12(2)24)21(27-3)14-6-8-18-19(10-14)29-11-28-18/h5-10H,4,11H2,1-3H3/b21-20-. The van der Waals surface area contributed by atoms with Crippen LogP contribution in [0.5, 0.6) is 11.5 Å². The van der Waals surface area contributed by atoms with Crippen molar-refractivity contribution in [1.82, 2.24) is 0 Å². The molecule has 2 aliphatic heterocycles. The number of amides is 2. The van der Waals surface area contributed by atoms with Gasteiger partial charge in [0, 0.05) is 30.0 Å². The maximum atomic E-state index is 13.2. The Morgan fingerprint density at radius 2 is 1.79 bits per heavy atom. The quantitative estimate of drug-likeness (QED) is 0.450. The fourth-order valence-corrected chi connectivity index (χ4v) is 3.58. The van der Waals surface area contributed by atoms with Crippen LogP contribution in [0.15, 0.2) is 36.4 Å². The van der Waals surface area contributed by atoms with Crippen molar-refractivity contribution >= 4 is 34.6 Å². The van der Waals surface area contributed by atoms with Crippen LogP contribution < -0.4 is 14.4 Å². The molecule has 0 saturated carbocycles. The van der Waals surface area contributed by atoms with Crippen LogP contribution in [0.4, 0.5) is 5.69 Å². The van der Waals surface area contributed by atoms with Gasteiger partial charge in [0.1, 0.15) is 5.76 Å². The number of imide groups is 1. The molecule has 7 nitrogen and oxygen atoms in total. The summed E-state index contributed by atoms with van der Waals surface area (Å²) < 4.78 is 16.4. The molecule has 2 amide bonds. The molecule has 0 bridgehead atoms. The number of anilines is 1. The van der Waals surface area contributed by atoms with Crippen LogP contribution in [0.2, 0.25) is 0 Å². The van der Waals surface area contributed by atoms with Gasteiger partial charge in [-0.1, -0.05) is 6.92 Å². The lowest BCUT2D eigenvalue weighted by Crippen LogP contribution is -2.31. The Hall–Kier alpha value is -3.61. The Bertz CT molecular complexity index is 1080. The van der Waals surface area contributed by atoms with Gasteiger partial charge >= 0.3 is 0 Å². The number of Topliss-reactive ketones (excluding diaryl/α,β-unsaturated/α-hetero) is 1. The zero-order valence-electron chi connectivity index (χ0n) is 16.3. The SMILES string of the molecule is CCC(=O)c1ccc2c(c1)/C(=C(/OC)c1ccc3c(c1)OCO3)C(=O)N2C(C)=O. The van der Waals surface area contributed by atoms with Crippen LogP contribution in [0.3, 0.4) is 0 Å². The summed E-state index contributed by atoms with van der Waals surface area (Å²) in [7, 11) is 1.46. The lowest BCUT2D eigenvalue weighted by atomic mass is 9.98. The number of nitrogens with zero attached hydrogens (tertiary/aromatic N) is 1. The summed E-state index contributed by atoms with van der Waals surface area (Å²) in [5, 5.41) is 0. The van der Waals surface area contributed by atoms with E-state index in [0.717, 1.165) is 4.90 Å². The number of hydrogen-bond acceptors (Lipinski definition) is 6. The monoisotopic (exact) mass is 393 g/mol. The number of carbonyl (C=O) groups excluding carboxylic acids is 3. The molecule has 0 unspecified atom stereocenters. The summed E-state index contributed by atoms with van der Waals surface area (Å²) in [6.07, 6.45) is 0.335. The van der Waals surface area contributed by atoms with Gasteiger partial charge in [-0.25, -0.2) is 4.90 Å². The molecular formula is C22H19NO6. The predicted octanol–water partition coefficient (Wildman–Crippen LogP) is 3.42. The molecular weight excluding hydrogens is 374 g/mol. The molecule has 29 heavy (non-hydrogen) atoms. The summed E-state index contributed by atoms with van der Waals surface area (Å²) in [5.74, 6) is 0.475. The van der Waals surface area contributed by atoms with E-state index in [-0.39, 0.29) is 18.1 Å². The van der Waals surface area contributed by atoms with Crippen LogP contribution >= 0.6 is 0 Å². The summed E-state index contributed by atoms with van der Waals surface area (Å²) in [4.78, 5) is 38.7. The van der Waals surface area contributed by atoms with Crippen LogP contribution in [0.1, 0.15) is 41.8 Å². The summed E-state index contributed by atoms with van der Waals surface area (Å²) >= 11 is 0. The molecule has 148 valence electrons. The molecule has 4 rings (SSSR count). The molecule has 0 atom stereocenters. The third kappa shape index (κ3) is 2.95. The maximum absolute atomic E-state index is 13.2. The number of fused-ring (bicyclic) bond motifs is 2. The normalized spacial score (nSPS) is 16.0. The highest BCUT2D eigenvalue weighted by molar-refractivity contribution is 6.43. The van der Waals surface area contributed by atoms with E-state index >= 15 is 0 Å². The van der Waals surface area contributed by atoms with E-state index in [4.69, 9.17) is 14.2 Å². The molecule has 2 heterocycles. The number of hydrogen-bond donors (Lipinski definition) is 0. The third-order valence-corrected chi connectivity index (χ3v) is 4.95. The molecule has 0 radical (unpaired) electrons. The Kier molecular flexibility index (Phi) is 4.58. The van der Waals surface area contributed by atoms with E-state index in [9.17, 15) is 14.4 Å². The third-order valence-electron chi connectivity index (χ3n) is 4.95. The average molecular weight is 393 g/mol. The number of carbonyl (C=O) groups is 3. The summed E-state index contributed by atoms with van der Waals surface area (Å²) in [6.45, 7) is 3.22. The molecule has 0 saturated heterocycles. The van der Waals surface area contributed by atoms with Gasteiger partial charge in [-0.3, -0.25) is 14.4 Å². The number of ether oxygens (including phenoxy) is 3. The van der Waals surface area contributed by atoms with Crippen molar-refractivity contribution in [1.29, 1.82) is 0 Å². The van der Waals surface area contributed by atoms with E-state index in [1.807, 2.05) is 0 Å². The summed E-state index contributed by atoms with van der Waals surface area (Å²) in [6, 6.07) is 10.1. The first-order valence-corrected chi connectivity index (χ1v) is 9.17. The van der Waals surface area contributed by atoms with E-state index in [1.165, 1.54) is 14.0 Å². The number of benzene rings is 2. The zero-order chi connectivity index (χ0) is 20.7. The van der Waals surface area contributed by atoms with Crippen molar-refractivity contribution in [2.24, 2.45) is 0 Å². The van der Waals surface area contributed by atoms with Crippen LogP contribution in [0, 0.1) is 0 Å². The largest absolute Gasteiger partial charge is 0.495 e. The first-order valence-electron chi connectivity index (χ1n) is 9.17. The minimum absolute atomic E-state index is 0.0529. The molecule has 2 aliphatic rings. The fourth-order valence-electron chi connectivity index (χ4n) is 3.58. The minimum atomic E-state index is -0.497. The van der Waals surface area contributed by atoms with E-state index in [0.29, 0.717) is 46.1 Å². The fraction of sp³-hybridized carbons (Fsp3) is 0.227. The van der Waals surface area contributed by atoms with Crippen molar-refractivity contribution in [3.05, 3.63) is 53.1 Å². The van der Waals surface area contributed by atoms with Gasteiger partial charge in [-0.2, -0.15) is 0 Å². The molecule has 0 N–H and O–H groups in total. The second-order valence-electron chi connectivity index (χ2n) is 6.64. The second-order valence-corrected chi connectivity index (χ2v) is 6.64. The van der Waals surface area contributed by atoms with Crippen molar-refractivity contribution in [2.75, 3.05) is 18.8 Å². The van der Waals surface area contributed by atoms with E-state index < -0.39 is 11.8 Å². The topological polar surface area (TPSA) is 82.1 Å². The first kappa shape index (κ1) is 18.7. The van der Waals surface area contributed by atoms with Gasteiger partial charge in [-0.15, -0.1) is 0 Å². The Balaban J connectivity index is 1.95. The lowest BCUT2D eigenvalue weighted by molar-refractivity contribution is -0.122. The zero-order valence-corrected chi connectivity index (χ0v) is 16.3. The van der Waals surface area contributed by atoms with E-state index in [1.54, 1.807) is 43.3 Å². The molecule has 0 aliphatic carbocycles. The molecule has 0 aromatic heterocycles. The molecule has 2 aromatic carbocycles. The highest BCUT2D eigenvalue weighted by Gasteiger charge is 2.38. The van der Waals surface area contributed by atoms with Gasteiger partial charge in [0.15, 0.2) is 17.3 Å². The van der Waals surface area contributed by atoms with Crippen LogP contribution in [-0.2, 0) is 14.3 Å². The second kappa shape index (κ2) is 7.09. The Labute approximate surface area is 167 Å². The van der Waals surface area contributed by atoms with Crippen molar-refractivity contribution in [3.63, 3.8) is 0 Å². The van der Waals surface area contributed by atoms with Gasteiger partial charge in [-0.05, 0) is 36.4 Å².